The third kappa shape index (κ3) is 4.95. The molecule has 8 nitrogen and oxygen atoms in total. The van der Waals surface area contributed by atoms with Crippen LogP contribution in [0.2, 0.25) is 5.02 Å². The molecule has 0 radical (unpaired) electrons. The van der Waals surface area contributed by atoms with Crippen LogP contribution in [0, 0.1) is 10.1 Å². The molecule has 1 aromatic heterocycles. The van der Waals surface area contributed by atoms with Gasteiger partial charge in [-0.15, -0.1) is 0 Å². The molecule has 9 heteroatoms. The van der Waals surface area contributed by atoms with Gasteiger partial charge in [0.15, 0.2) is 6.10 Å². The van der Waals surface area contributed by atoms with Crippen molar-refractivity contribution in [1.82, 2.24) is 4.90 Å². The van der Waals surface area contributed by atoms with Gasteiger partial charge < -0.3 is 14.1 Å². The van der Waals surface area contributed by atoms with Crippen LogP contribution in [-0.4, -0.2) is 40.9 Å². The number of hydrogen-bond acceptors (Lipinski definition) is 6. The van der Waals surface area contributed by atoms with Gasteiger partial charge in [-0.1, -0.05) is 24.4 Å². The van der Waals surface area contributed by atoms with E-state index in [4.69, 9.17) is 20.8 Å². The maximum absolute atomic E-state index is 12.5. The number of amides is 1. The highest BCUT2D eigenvalue weighted by molar-refractivity contribution is 6.33. The average Bonchev–Trinajstić information content (AvgIpc) is 3.02. The normalized spacial score (nSPS) is 15.4. The smallest absolute Gasteiger partial charge is 0.375 e. The summed E-state index contributed by atoms with van der Waals surface area (Å²) in [4.78, 5) is 36.9. The van der Waals surface area contributed by atoms with E-state index in [1.165, 1.54) is 30.3 Å². The molecule has 2 heterocycles. The molecule has 29 heavy (non-hydrogen) atoms. The molecule has 0 saturated carbocycles. The number of esters is 1. The molecule has 0 spiro atoms. The summed E-state index contributed by atoms with van der Waals surface area (Å²) in [7, 11) is 0. The van der Waals surface area contributed by atoms with Crippen molar-refractivity contribution in [3.05, 3.63) is 51.2 Å². The van der Waals surface area contributed by atoms with E-state index >= 15 is 0 Å². The van der Waals surface area contributed by atoms with Crippen molar-refractivity contribution in [2.24, 2.45) is 0 Å². The highest BCUT2D eigenvalue weighted by Gasteiger charge is 2.26. The van der Waals surface area contributed by atoms with Crippen molar-refractivity contribution in [3.63, 3.8) is 0 Å². The zero-order chi connectivity index (χ0) is 21.0. The van der Waals surface area contributed by atoms with Crippen LogP contribution >= 0.6 is 11.6 Å². The average molecular weight is 421 g/mol. The third-order valence-electron chi connectivity index (χ3n) is 4.79. The minimum Gasteiger partial charge on any atom is -0.449 e. The molecule has 0 unspecified atom stereocenters. The summed E-state index contributed by atoms with van der Waals surface area (Å²) in [5, 5.41) is 10.9. The fourth-order valence-corrected chi connectivity index (χ4v) is 3.49. The number of carbonyl (C=O) groups is 2. The Hall–Kier alpha value is -2.87. The summed E-state index contributed by atoms with van der Waals surface area (Å²) in [5.41, 5.74) is 0.260. The summed E-state index contributed by atoms with van der Waals surface area (Å²) in [6.07, 6.45) is 3.17. The maximum atomic E-state index is 12.5. The molecule has 1 fully saturated rings. The number of likely N-dealkylation sites (tertiary alicyclic amines) is 1. The number of benzene rings is 1. The van der Waals surface area contributed by atoms with Gasteiger partial charge in [0.1, 0.15) is 5.76 Å². The van der Waals surface area contributed by atoms with Crippen molar-refractivity contribution >= 4 is 29.2 Å². The molecule has 3 rings (SSSR count). The Balaban J connectivity index is 1.67. The lowest BCUT2D eigenvalue weighted by molar-refractivity contribution is -0.384. The summed E-state index contributed by atoms with van der Waals surface area (Å²) in [6.45, 7) is 2.89. The first-order chi connectivity index (χ1) is 13.9. The molecule has 1 atom stereocenters. The van der Waals surface area contributed by atoms with Gasteiger partial charge in [-0.2, -0.15) is 0 Å². The number of furan rings is 1. The van der Waals surface area contributed by atoms with Crippen LogP contribution in [0.25, 0.3) is 11.3 Å². The van der Waals surface area contributed by atoms with Crippen LogP contribution in [0.1, 0.15) is 43.2 Å². The van der Waals surface area contributed by atoms with Crippen molar-refractivity contribution in [2.45, 2.75) is 38.7 Å². The Morgan fingerprint density at radius 1 is 1.17 bits per heavy atom. The molecule has 2 aromatic rings. The number of nitro benzene ring substituents is 1. The van der Waals surface area contributed by atoms with Crippen LogP contribution in [0.5, 0.6) is 0 Å². The lowest BCUT2D eigenvalue weighted by atomic mass is 10.1. The number of nitrogens with zero attached hydrogens (tertiary/aromatic N) is 2. The second kappa shape index (κ2) is 9.09. The van der Waals surface area contributed by atoms with Gasteiger partial charge in [0.25, 0.3) is 11.6 Å². The predicted molar refractivity (Wildman–Crippen MR) is 106 cm³/mol. The van der Waals surface area contributed by atoms with E-state index in [0.29, 0.717) is 18.7 Å². The van der Waals surface area contributed by atoms with Crippen molar-refractivity contribution < 1.29 is 23.7 Å². The third-order valence-corrected chi connectivity index (χ3v) is 5.10. The Morgan fingerprint density at radius 2 is 1.86 bits per heavy atom. The van der Waals surface area contributed by atoms with Gasteiger partial charge in [0, 0.05) is 30.8 Å². The van der Waals surface area contributed by atoms with Crippen LogP contribution in [0.4, 0.5) is 5.69 Å². The molecule has 0 N–H and O–H groups in total. The van der Waals surface area contributed by atoms with Crippen LogP contribution in [-0.2, 0) is 9.53 Å². The molecule has 1 amide bonds. The first-order valence-corrected chi connectivity index (χ1v) is 9.78. The van der Waals surface area contributed by atoms with Crippen LogP contribution in [0.15, 0.2) is 34.7 Å². The van der Waals surface area contributed by atoms with Crippen LogP contribution in [0.3, 0.4) is 0 Å². The van der Waals surface area contributed by atoms with Gasteiger partial charge in [0.05, 0.1) is 9.95 Å². The number of rotatable bonds is 5. The van der Waals surface area contributed by atoms with E-state index in [-0.39, 0.29) is 28.1 Å². The Kier molecular flexibility index (Phi) is 6.53. The van der Waals surface area contributed by atoms with Gasteiger partial charge in [0.2, 0.25) is 5.76 Å². The van der Waals surface area contributed by atoms with Gasteiger partial charge >= 0.3 is 5.97 Å². The highest BCUT2D eigenvalue weighted by Crippen LogP contribution is 2.32. The molecule has 0 aliphatic carbocycles. The SMILES string of the molecule is C[C@@H](OC(=O)c1ccc(-c2ccc([N+](=O)[O-])cc2Cl)o1)C(=O)N1CCCCCC1. The zero-order valence-electron chi connectivity index (χ0n) is 15.9. The lowest BCUT2D eigenvalue weighted by Gasteiger charge is -2.23. The number of ether oxygens (including phenoxy) is 1. The first kappa shape index (κ1) is 20.9. The Bertz CT molecular complexity index is 917. The fourth-order valence-electron chi connectivity index (χ4n) is 3.23. The summed E-state index contributed by atoms with van der Waals surface area (Å²) in [6, 6.07) is 6.88. The van der Waals surface area contributed by atoms with E-state index < -0.39 is 17.0 Å². The Morgan fingerprint density at radius 3 is 2.48 bits per heavy atom. The monoisotopic (exact) mass is 420 g/mol. The largest absolute Gasteiger partial charge is 0.449 e. The molecule has 0 bridgehead atoms. The minimum absolute atomic E-state index is 0.0788. The number of carbonyl (C=O) groups excluding carboxylic acids is 2. The molecule has 154 valence electrons. The minimum atomic E-state index is -0.919. The quantitative estimate of drug-likeness (QED) is 0.402. The van der Waals surface area contributed by atoms with Crippen molar-refractivity contribution in [2.75, 3.05) is 13.1 Å². The summed E-state index contributed by atoms with van der Waals surface area (Å²) < 4.78 is 10.8. The van der Waals surface area contributed by atoms with E-state index in [2.05, 4.69) is 0 Å². The lowest BCUT2D eigenvalue weighted by Crippen LogP contribution is -2.40. The Labute approximate surface area is 172 Å². The number of halogens is 1. The number of non-ortho nitro benzene ring substituents is 1. The van der Waals surface area contributed by atoms with E-state index in [0.717, 1.165) is 25.7 Å². The van der Waals surface area contributed by atoms with Crippen LogP contribution < -0.4 is 0 Å². The summed E-state index contributed by atoms with van der Waals surface area (Å²) >= 11 is 6.09. The van der Waals surface area contributed by atoms with Gasteiger partial charge in [-0.3, -0.25) is 14.9 Å². The second-order valence-electron chi connectivity index (χ2n) is 6.87. The molecule has 1 aliphatic rings. The number of nitro groups is 1. The van der Waals surface area contributed by atoms with E-state index in [9.17, 15) is 19.7 Å². The van der Waals surface area contributed by atoms with E-state index in [1.54, 1.807) is 11.8 Å². The number of hydrogen-bond donors (Lipinski definition) is 0. The fraction of sp³-hybridized carbons (Fsp3) is 0.400. The van der Waals surface area contributed by atoms with Crippen molar-refractivity contribution in [3.8, 4) is 11.3 Å². The molecule has 1 aromatic carbocycles. The molecule has 1 saturated heterocycles. The van der Waals surface area contributed by atoms with E-state index in [1.807, 2.05) is 0 Å². The van der Waals surface area contributed by atoms with Gasteiger partial charge in [-0.05, 0) is 38.0 Å². The standard InChI is InChI=1S/C20H21ClN2O6/c1-13(19(24)22-10-4-2-3-5-11-22)28-20(25)18-9-8-17(29-18)15-7-6-14(23(26)27)12-16(15)21/h6-9,12-13H,2-5,10-11H2,1H3/t13-/m1/s1. The zero-order valence-corrected chi connectivity index (χ0v) is 16.7. The highest BCUT2D eigenvalue weighted by atomic mass is 35.5. The maximum Gasteiger partial charge on any atom is 0.375 e. The predicted octanol–water partition coefficient (Wildman–Crippen LogP) is 4.46. The van der Waals surface area contributed by atoms with Crippen molar-refractivity contribution in [1.29, 1.82) is 0 Å². The molecular weight excluding hydrogens is 400 g/mol. The van der Waals surface area contributed by atoms with Gasteiger partial charge in [-0.25, -0.2) is 4.79 Å². The molecule has 1 aliphatic heterocycles. The second-order valence-corrected chi connectivity index (χ2v) is 7.28. The summed E-state index contributed by atoms with van der Waals surface area (Å²) in [5.74, 6) is -0.788. The topological polar surface area (TPSA) is 103 Å². The molecular formula is C20H21ClN2O6. The first-order valence-electron chi connectivity index (χ1n) is 9.40.